The molecule has 2 rings (SSSR count). The Hall–Kier alpha value is -1.36. The smallest absolute Gasteiger partial charge is 0.292 e. The molecule has 0 spiro atoms. The van der Waals surface area contributed by atoms with Crippen LogP contribution in [0.3, 0.4) is 0 Å². The van der Waals surface area contributed by atoms with Crippen LogP contribution in [0.1, 0.15) is 22.7 Å². The fourth-order valence-electron chi connectivity index (χ4n) is 2.09. The number of aromatic nitrogens is 1. The minimum atomic E-state index is -0.0424. The molecule has 5 nitrogen and oxygen atoms in total. The van der Waals surface area contributed by atoms with Gasteiger partial charge in [0.25, 0.3) is 5.91 Å². The van der Waals surface area contributed by atoms with Crippen molar-refractivity contribution >= 4 is 5.91 Å². The van der Waals surface area contributed by atoms with Crippen LogP contribution in [0.4, 0.5) is 0 Å². The number of amides is 1. The maximum atomic E-state index is 12.0. The van der Waals surface area contributed by atoms with Crippen LogP contribution in [0.2, 0.25) is 0 Å². The molecule has 1 N–H and O–H groups in total. The summed E-state index contributed by atoms with van der Waals surface area (Å²) in [6.45, 7) is 4.39. The van der Waals surface area contributed by atoms with E-state index in [4.69, 9.17) is 4.52 Å². The molecule has 1 aliphatic rings. The van der Waals surface area contributed by atoms with Crippen LogP contribution in [0.5, 0.6) is 0 Å². The molecule has 5 heteroatoms. The third-order valence-corrected chi connectivity index (χ3v) is 2.90. The quantitative estimate of drug-likeness (QED) is 0.818. The maximum absolute atomic E-state index is 12.0. The number of rotatable bonds is 3. The maximum Gasteiger partial charge on any atom is 0.292 e. The summed E-state index contributed by atoms with van der Waals surface area (Å²) in [4.78, 5) is 13.8. The van der Waals surface area contributed by atoms with E-state index in [1.807, 2.05) is 18.9 Å². The van der Waals surface area contributed by atoms with Gasteiger partial charge in [0.1, 0.15) is 0 Å². The van der Waals surface area contributed by atoms with E-state index in [1.54, 1.807) is 6.07 Å². The molecule has 0 bridgehead atoms. The number of hydrogen-bond acceptors (Lipinski definition) is 4. The predicted octanol–water partition coefficient (Wildman–Crippen LogP) is 0.665. The number of hydrogen-bond donors (Lipinski definition) is 1. The number of carbonyl (C=O) groups excluding carboxylic acids is 1. The summed E-state index contributed by atoms with van der Waals surface area (Å²) in [6.07, 6.45) is 1.06. The second-order valence-electron chi connectivity index (χ2n) is 4.30. The molecule has 1 aliphatic heterocycles. The Balaban J connectivity index is 1.97. The molecule has 16 heavy (non-hydrogen) atoms. The first-order valence-corrected chi connectivity index (χ1v) is 5.58. The first-order valence-electron chi connectivity index (χ1n) is 5.58. The SMILES string of the molecule is CNCC1CCN(C(=O)c2cc(C)no2)C1. The summed E-state index contributed by atoms with van der Waals surface area (Å²) in [5, 5.41) is 6.87. The van der Waals surface area contributed by atoms with Crippen molar-refractivity contribution in [2.24, 2.45) is 5.92 Å². The topological polar surface area (TPSA) is 58.4 Å². The molecule has 2 heterocycles. The average Bonchev–Trinajstić information content (AvgIpc) is 2.87. The Morgan fingerprint density at radius 3 is 3.19 bits per heavy atom. The fourth-order valence-corrected chi connectivity index (χ4v) is 2.09. The number of likely N-dealkylation sites (tertiary alicyclic amines) is 1. The van der Waals surface area contributed by atoms with Gasteiger partial charge in [-0.2, -0.15) is 0 Å². The molecule has 0 saturated carbocycles. The van der Waals surface area contributed by atoms with Gasteiger partial charge in [0, 0.05) is 19.2 Å². The van der Waals surface area contributed by atoms with Crippen LogP contribution in [-0.2, 0) is 0 Å². The molecular formula is C11H17N3O2. The molecule has 1 atom stereocenters. The summed E-state index contributed by atoms with van der Waals surface area (Å²) in [6, 6.07) is 1.69. The second-order valence-corrected chi connectivity index (χ2v) is 4.30. The van der Waals surface area contributed by atoms with Gasteiger partial charge in [-0.1, -0.05) is 5.16 Å². The van der Waals surface area contributed by atoms with Gasteiger partial charge >= 0.3 is 0 Å². The zero-order chi connectivity index (χ0) is 11.5. The Labute approximate surface area is 94.8 Å². The standard InChI is InChI=1S/C11H17N3O2/c1-8-5-10(16-13-8)11(15)14-4-3-9(7-14)6-12-2/h5,9,12H,3-4,6-7H2,1-2H3. The molecule has 1 saturated heterocycles. The Morgan fingerprint density at radius 1 is 1.75 bits per heavy atom. The predicted molar refractivity (Wildman–Crippen MR) is 59.2 cm³/mol. The van der Waals surface area contributed by atoms with Crippen molar-refractivity contribution < 1.29 is 9.32 Å². The lowest BCUT2D eigenvalue weighted by molar-refractivity contribution is 0.0745. The molecular weight excluding hydrogens is 206 g/mol. The normalized spacial score (nSPS) is 20.4. The lowest BCUT2D eigenvalue weighted by atomic mass is 10.1. The van der Waals surface area contributed by atoms with E-state index in [0.717, 1.165) is 31.7 Å². The lowest BCUT2D eigenvalue weighted by Gasteiger charge is -2.14. The van der Waals surface area contributed by atoms with Gasteiger partial charge < -0.3 is 14.7 Å². The molecule has 0 aromatic carbocycles. The second kappa shape index (κ2) is 4.65. The van der Waals surface area contributed by atoms with E-state index in [2.05, 4.69) is 10.5 Å². The monoisotopic (exact) mass is 223 g/mol. The van der Waals surface area contributed by atoms with Crippen molar-refractivity contribution in [2.75, 3.05) is 26.7 Å². The Kier molecular flexibility index (Phi) is 3.24. The molecule has 88 valence electrons. The molecule has 1 fully saturated rings. The molecule has 0 radical (unpaired) electrons. The van der Waals surface area contributed by atoms with E-state index >= 15 is 0 Å². The summed E-state index contributed by atoms with van der Waals surface area (Å²) in [5.74, 6) is 0.861. The largest absolute Gasteiger partial charge is 0.351 e. The zero-order valence-electron chi connectivity index (χ0n) is 9.69. The number of carbonyl (C=O) groups is 1. The van der Waals surface area contributed by atoms with E-state index < -0.39 is 0 Å². The van der Waals surface area contributed by atoms with Crippen molar-refractivity contribution in [3.05, 3.63) is 17.5 Å². The summed E-state index contributed by atoms with van der Waals surface area (Å²) < 4.78 is 4.98. The third kappa shape index (κ3) is 2.24. The van der Waals surface area contributed by atoms with Gasteiger partial charge in [0.05, 0.1) is 5.69 Å². The molecule has 1 aromatic rings. The summed E-state index contributed by atoms with van der Waals surface area (Å²) >= 11 is 0. The van der Waals surface area contributed by atoms with Crippen LogP contribution in [0.25, 0.3) is 0 Å². The van der Waals surface area contributed by atoms with Crippen molar-refractivity contribution in [3.8, 4) is 0 Å². The minimum Gasteiger partial charge on any atom is -0.351 e. The van der Waals surface area contributed by atoms with Gasteiger partial charge in [-0.25, -0.2) is 0 Å². The number of nitrogens with one attached hydrogen (secondary N) is 1. The summed E-state index contributed by atoms with van der Waals surface area (Å²) in [5.41, 5.74) is 0.745. The van der Waals surface area contributed by atoms with Gasteiger partial charge in [-0.3, -0.25) is 4.79 Å². The van der Waals surface area contributed by atoms with Crippen LogP contribution >= 0.6 is 0 Å². The van der Waals surface area contributed by atoms with E-state index in [0.29, 0.717) is 11.7 Å². The molecule has 1 unspecified atom stereocenters. The van der Waals surface area contributed by atoms with Gasteiger partial charge in [-0.05, 0) is 32.9 Å². The molecule has 1 aromatic heterocycles. The van der Waals surface area contributed by atoms with Crippen molar-refractivity contribution in [2.45, 2.75) is 13.3 Å². The highest BCUT2D eigenvalue weighted by Gasteiger charge is 2.28. The van der Waals surface area contributed by atoms with E-state index in [-0.39, 0.29) is 5.91 Å². The minimum absolute atomic E-state index is 0.0424. The van der Waals surface area contributed by atoms with Crippen LogP contribution < -0.4 is 5.32 Å². The van der Waals surface area contributed by atoms with Crippen LogP contribution in [0.15, 0.2) is 10.6 Å². The zero-order valence-corrected chi connectivity index (χ0v) is 9.69. The highest BCUT2D eigenvalue weighted by atomic mass is 16.5. The van der Waals surface area contributed by atoms with E-state index in [1.165, 1.54) is 0 Å². The fraction of sp³-hybridized carbons (Fsp3) is 0.636. The first kappa shape index (κ1) is 11.1. The van der Waals surface area contributed by atoms with Crippen molar-refractivity contribution in [3.63, 3.8) is 0 Å². The average molecular weight is 223 g/mol. The van der Waals surface area contributed by atoms with Gasteiger partial charge in [0.2, 0.25) is 5.76 Å². The molecule has 0 aliphatic carbocycles. The Bertz CT molecular complexity index is 375. The highest BCUT2D eigenvalue weighted by Crippen LogP contribution is 2.18. The van der Waals surface area contributed by atoms with Crippen molar-refractivity contribution in [1.82, 2.24) is 15.4 Å². The van der Waals surface area contributed by atoms with E-state index in [9.17, 15) is 4.79 Å². The lowest BCUT2D eigenvalue weighted by Crippen LogP contribution is -2.30. The third-order valence-electron chi connectivity index (χ3n) is 2.90. The van der Waals surface area contributed by atoms with Crippen LogP contribution in [0, 0.1) is 12.8 Å². The van der Waals surface area contributed by atoms with Gasteiger partial charge in [-0.15, -0.1) is 0 Å². The van der Waals surface area contributed by atoms with Crippen LogP contribution in [-0.4, -0.2) is 42.6 Å². The highest BCUT2D eigenvalue weighted by molar-refractivity contribution is 5.91. The Morgan fingerprint density at radius 2 is 2.56 bits per heavy atom. The van der Waals surface area contributed by atoms with Gasteiger partial charge in [0.15, 0.2) is 0 Å². The number of aryl methyl sites for hydroxylation is 1. The first-order chi connectivity index (χ1) is 7.70. The molecule has 1 amide bonds. The van der Waals surface area contributed by atoms with Crippen molar-refractivity contribution in [1.29, 1.82) is 0 Å². The summed E-state index contributed by atoms with van der Waals surface area (Å²) in [7, 11) is 1.93. The number of nitrogens with zero attached hydrogens (tertiary/aromatic N) is 2.